The molecule has 1 aromatic carbocycles. The first-order valence-electron chi connectivity index (χ1n) is 6.32. The molecule has 0 aliphatic carbocycles. The van der Waals surface area contributed by atoms with Gasteiger partial charge in [-0.2, -0.15) is 5.26 Å². The van der Waals surface area contributed by atoms with Crippen LogP contribution in [0.15, 0.2) is 18.2 Å². The van der Waals surface area contributed by atoms with Crippen molar-refractivity contribution < 1.29 is 14.6 Å². The molecule has 5 nitrogen and oxygen atoms in total. The fourth-order valence-corrected chi connectivity index (χ4v) is 2.01. The monoisotopic (exact) mass is 262 g/mol. The minimum Gasteiger partial charge on any atom is -0.454 e. The Morgan fingerprint density at radius 1 is 1.42 bits per heavy atom. The topological polar surface area (TPSA) is 74.5 Å². The van der Waals surface area contributed by atoms with Crippen LogP contribution in [0.5, 0.6) is 11.5 Å². The number of rotatable bonds is 6. The first-order chi connectivity index (χ1) is 9.17. The lowest BCUT2D eigenvalue weighted by Crippen LogP contribution is -2.42. The Kier molecular flexibility index (Phi) is 4.25. The summed E-state index contributed by atoms with van der Waals surface area (Å²) in [5.74, 6) is 1.53. The van der Waals surface area contributed by atoms with E-state index in [1.54, 1.807) is 0 Å². The SMILES string of the molecule is CC(C#N)(CCc1ccc2c(c1)OCO2)NCCO. The molecule has 0 aromatic heterocycles. The second-order valence-electron chi connectivity index (χ2n) is 4.78. The van der Waals surface area contributed by atoms with Gasteiger partial charge in [-0.05, 0) is 37.5 Å². The summed E-state index contributed by atoms with van der Waals surface area (Å²) in [5.41, 5.74) is 0.482. The molecule has 2 N–H and O–H groups in total. The number of hydrogen-bond acceptors (Lipinski definition) is 5. The lowest BCUT2D eigenvalue weighted by molar-refractivity contribution is 0.174. The molecule has 0 saturated heterocycles. The summed E-state index contributed by atoms with van der Waals surface area (Å²) in [5, 5.41) is 21.1. The van der Waals surface area contributed by atoms with Gasteiger partial charge < -0.3 is 14.6 Å². The number of nitrogens with zero attached hydrogens (tertiary/aromatic N) is 1. The lowest BCUT2D eigenvalue weighted by Gasteiger charge is -2.22. The maximum absolute atomic E-state index is 9.21. The average Bonchev–Trinajstić information content (AvgIpc) is 2.90. The van der Waals surface area contributed by atoms with Crippen LogP contribution in [-0.4, -0.2) is 30.6 Å². The highest BCUT2D eigenvalue weighted by Crippen LogP contribution is 2.33. The molecule has 0 fully saturated rings. The van der Waals surface area contributed by atoms with Gasteiger partial charge >= 0.3 is 0 Å². The van der Waals surface area contributed by atoms with Gasteiger partial charge in [-0.1, -0.05) is 6.07 Å². The summed E-state index contributed by atoms with van der Waals surface area (Å²) >= 11 is 0. The second kappa shape index (κ2) is 5.91. The largest absolute Gasteiger partial charge is 0.454 e. The normalized spacial score (nSPS) is 15.8. The van der Waals surface area contributed by atoms with Crippen molar-refractivity contribution >= 4 is 0 Å². The first kappa shape index (κ1) is 13.7. The Balaban J connectivity index is 1.96. The smallest absolute Gasteiger partial charge is 0.231 e. The number of aliphatic hydroxyl groups is 1. The van der Waals surface area contributed by atoms with Gasteiger partial charge in [-0.15, -0.1) is 0 Å². The van der Waals surface area contributed by atoms with Gasteiger partial charge in [0.15, 0.2) is 11.5 Å². The van der Waals surface area contributed by atoms with Gasteiger partial charge in [0.25, 0.3) is 0 Å². The zero-order chi connectivity index (χ0) is 13.7. The summed E-state index contributed by atoms with van der Waals surface area (Å²) in [4.78, 5) is 0. The molecule has 0 saturated carbocycles. The van der Waals surface area contributed by atoms with Crippen molar-refractivity contribution in [3.05, 3.63) is 23.8 Å². The number of fused-ring (bicyclic) bond motifs is 1. The molecule has 1 unspecified atom stereocenters. The maximum Gasteiger partial charge on any atom is 0.231 e. The van der Waals surface area contributed by atoms with E-state index in [0.29, 0.717) is 13.0 Å². The zero-order valence-electron chi connectivity index (χ0n) is 11.0. The Labute approximate surface area is 112 Å². The first-order valence-corrected chi connectivity index (χ1v) is 6.32. The van der Waals surface area contributed by atoms with Crippen LogP contribution >= 0.6 is 0 Å². The maximum atomic E-state index is 9.21. The number of aliphatic hydroxyl groups excluding tert-OH is 1. The molecule has 102 valence electrons. The molecule has 1 aromatic rings. The van der Waals surface area contributed by atoms with Gasteiger partial charge in [0.2, 0.25) is 6.79 Å². The van der Waals surface area contributed by atoms with Crippen LogP contribution in [0.4, 0.5) is 0 Å². The molecular formula is C14H18N2O3. The highest BCUT2D eigenvalue weighted by molar-refractivity contribution is 5.44. The summed E-state index contributed by atoms with van der Waals surface area (Å²) in [6.07, 6.45) is 1.43. The Morgan fingerprint density at radius 2 is 2.21 bits per heavy atom. The standard InChI is InChI=1S/C14H18N2O3/c1-14(9-15,16-6-7-17)5-4-11-2-3-12-13(8-11)19-10-18-12/h2-3,8,16-17H,4-7,10H2,1H3. The van der Waals surface area contributed by atoms with Crippen molar-refractivity contribution in [1.29, 1.82) is 5.26 Å². The quantitative estimate of drug-likeness (QED) is 0.806. The van der Waals surface area contributed by atoms with Crippen LogP contribution in [0.2, 0.25) is 0 Å². The molecule has 0 amide bonds. The Morgan fingerprint density at radius 3 is 2.95 bits per heavy atom. The van der Waals surface area contributed by atoms with Crippen molar-refractivity contribution in [2.75, 3.05) is 19.9 Å². The molecule has 19 heavy (non-hydrogen) atoms. The van der Waals surface area contributed by atoms with E-state index >= 15 is 0 Å². The third kappa shape index (κ3) is 3.37. The molecular weight excluding hydrogens is 244 g/mol. The molecule has 1 heterocycles. The van der Waals surface area contributed by atoms with E-state index in [1.165, 1.54) is 0 Å². The van der Waals surface area contributed by atoms with E-state index in [0.717, 1.165) is 23.5 Å². The van der Waals surface area contributed by atoms with Gasteiger partial charge in [0, 0.05) is 6.54 Å². The molecule has 1 aliphatic rings. The van der Waals surface area contributed by atoms with Gasteiger partial charge in [0.05, 0.1) is 12.7 Å². The highest BCUT2D eigenvalue weighted by atomic mass is 16.7. The predicted octanol–water partition coefficient (Wildman–Crippen LogP) is 1.21. The fourth-order valence-electron chi connectivity index (χ4n) is 2.01. The van der Waals surface area contributed by atoms with E-state index in [2.05, 4.69) is 11.4 Å². The summed E-state index contributed by atoms with van der Waals surface area (Å²) in [6.45, 7) is 2.56. The van der Waals surface area contributed by atoms with E-state index in [-0.39, 0.29) is 13.4 Å². The number of β-amino-alcohol motifs (C(OH)–C–C–N with tert-alkyl or cyclic N) is 1. The van der Waals surface area contributed by atoms with Crippen LogP contribution < -0.4 is 14.8 Å². The summed E-state index contributed by atoms with van der Waals surface area (Å²) < 4.78 is 10.6. The third-order valence-electron chi connectivity index (χ3n) is 3.22. The number of aryl methyl sites for hydroxylation is 1. The van der Waals surface area contributed by atoms with Crippen molar-refractivity contribution in [2.45, 2.75) is 25.3 Å². The second-order valence-corrected chi connectivity index (χ2v) is 4.78. The van der Waals surface area contributed by atoms with Crippen molar-refractivity contribution in [2.24, 2.45) is 0 Å². The summed E-state index contributed by atoms with van der Waals surface area (Å²) in [7, 11) is 0. The number of hydrogen-bond donors (Lipinski definition) is 2. The number of nitrogens with one attached hydrogen (secondary N) is 1. The van der Waals surface area contributed by atoms with E-state index in [9.17, 15) is 5.26 Å². The molecule has 5 heteroatoms. The molecule has 2 rings (SSSR count). The minimum absolute atomic E-state index is 0.0291. The average molecular weight is 262 g/mol. The van der Waals surface area contributed by atoms with Crippen molar-refractivity contribution in [1.82, 2.24) is 5.32 Å². The minimum atomic E-state index is -0.626. The van der Waals surface area contributed by atoms with Crippen LogP contribution in [0, 0.1) is 11.3 Å². The molecule has 1 atom stereocenters. The molecule has 0 spiro atoms. The van der Waals surface area contributed by atoms with Crippen LogP contribution in [-0.2, 0) is 6.42 Å². The van der Waals surface area contributed by atoms with Crippen LogP contribution in [0.3, 0.4) is 0 Å². The van der Waals surface area contributed by atoms with E-state index < -0.39 is 5.54 Å². The summed E-state index contributed by atoms with van der Waals surface area (Å²) in [6, 6.07) is 8.08. The van der Waals surface area contributed by atoms with Crippen molar-refractivity contribution in [3.63, 3.8) is 0 Å². The lowest BCUT2D eigenvalue weighted by atomic mass is 9.94. The van der Waals surface area contributed by atoms with Crippen LogP contribution in [0.25, 0.3) is 0 Å². The third-order valence-corrected chi connectivity index (χ3v) is 3.22. The predicted molar refractivity (Wildman–Crippen MR) is 70.0 cm³/mol. The van der Waals surface area contributed by atoms with Crippen LogP contribution in [0.1, 0.15) is 18.9 Å². The van der Waals surface area contributed by atoms with Gasteiger partial charge in [0.1, 0.15) is 5.54 Å². The molecule has 0 bridgehead atoms. The fraction of sp³-hybridized carbons (Fsp3) is 0.500. The van der Waals surface area contributed by atoms with E-state index in [1.807, 2.05) is 25.1 Å². The van der Waals surface area contributed by atoms with Gasteiger partial charge in [-0.3, -0.25) is 5.32 Å². The Bertz CT molecular complexity index is 484. The zero-order valence-corrected chi connectivity index (χ0v) is 11.0. The van der Waals surface area contributed by atoms with Gasteiger partial charge in [-0.25, -0.2) is 0 Å². The Hall–Kier alpha value is -1.77. The molecule has 1 aliphatic heterocycles. The molecule has 0 radical (unpaired) electrons. The highest BCUT2D eigenvalue weighted by Gasteiger charge is 2.23. The van der Waals surface area contributed by atoms with E-state index in [4.69, 9.17) is 14.6 Å². The number of nitriles is 1. The van der Waals surface area contributed by atoms with Crippen molar-refractivity contribution in [3.8, 4) is 17.6 Å². The number of benzene rings is 1. The number of ether oxygens (including phenoxy) is 2.